The Morgan fingerprint density at radius 1 is 0.917 bits per heavy atom. The Labute approximate surface area is 185 Å². The van der Waals surface area contributed by atoms with Crippen molar-refractivity contribution in [2.24, 2.45) is 0 Å². The first-order valence-electron chi connectivity index (χ1n) is 7.23. The molecule has 0 heterocycles. The van der Waals surface area contributed by atoms with Gasteiger partial charge in [0.15, 0.2) is 0 Å². The molecular formula is C18H20Na2O3S. The second kappa shape index (κ2) is 16.3. The molecule has 24 heavy (non-hydrogen) atoms. The fraction of sp³-hybridized carbons (Fsp3) is 0.111. The van der Waals surface area contributed by atoms with E-state index in [4.69, 9.17) is 0 Å². The molecule has 3 nitrogen and oxygen atoms in total. The molecule has 2 rings (SSSR count). The van der Waals surface area contributed by atoms with Gasteiger partial charge in [0, 0.05) is 0 Å². The van der Waals surface area contributed by atoms with Crippen molar-refractivity contribution < 1.29 is 42.5 Å². The van der Waals surface area contributed by atoms with Crippen LogP contribution in [0.2, 0.25) is 3.67 Å². The van der Waals surface area contributed by atoms with Crippen LogP contribution < -0.4 is 29.6 Å². The molecule has 0 atom stereocenters. The molecule has 0 spiro atoms. The van der Waals surface area contributed by atoms with Crippen LogP contribution in [0.3, 0.4) is 0 Å². The van der Waals surface area contributed by atoms with E-state index in [1.165, 1.54) is 43.7 Å². The van der Waals surface area contributed by atoms with E-state index in [0.717, 1.165) is 0 Å². The van der Waals surface area contributed by atoms with Crippen molar-refractivity contribution in [1.29, 1.82) is 0 Å². The minimum Gasteiger partial charge on any atom is -0.0623 e. The van der Waals surface area contributed by atoms with Crippen molar-refractivity contribution in [1.82, 2.24) is 0 Å². The first-order valence-corrected chi connectivity index (χ1v) is 10.0. The fourth-order valence-corrected chi connectivity index (χ4v) is 2.17. The molecule has 0 aliphatic rings. The predicted molar refractivity (Wildman–Crippen MR) is 95.5 cm³/mol. The molecule has 0 amide bonds. The third-order valence-electron chi connectivity index (χ3n) is 2.56. The van der Waals surface area contributed by atoms with Crippen LogP contribution >= 0.6 is 0 Å². The minimum atomic E-state index is -4.35. The van der Waals surface area contributed by atoms with Crippen molar-refractivity contribution >= 4 is 38.0 Å². The van der Waals surface area contributed by atoms with Crippen molar-refractivity contribution in [3.63, 3.8) is 0 Å². The minimum absolute atomic E-state index is 0. The Balaban J connectivity index is 0. The molecule has 0 radical (unpaired) electrons. The standard InChI is InChI=1S/C9H10O3S.C6H6.C3H5.2Na/c1-2-5-8-6-3-4-7-9(8)13(10,11)12;1-2-4-6-5-3-1;1-3-2;;/h2-4,6-7H,1,5H2,(H,10,11,12);1-6H;3H,1-2H2;;/q;;;;+1/p-1. The molecule has 0 aliphatic heterocycles. The average molecular weight is 362 g/mol. The number of hydrogen-bond donors (Lipinski definition) is 0. The third kappa shape index (κ3) is 13.2. The third-order valence-corrected chi connectivity index (χ3v) is 4.08. The number of allylic oxidation sites excluding steroid dienone is 2. The quantitative estimate of drug-likeness (QED) is 0.459. The van der Waals surface area contributed by atoms with Crippen LogP contribution in [-0.2, 0) is 16.5 Å². The fourth-order valence-electron chi connectivity index (χ4n) is 1.46. The van der Waals surface area contributed by atoms with Gasteiger partial charge in [-0.25, -0.2) is 8.42 Å². The zero-order valence-corrected chi connectivity index (χ0v) is 19.2. The van der Waals surface area contributed by atoms with Crippen molar-refractivity contribution in [2.75, 3.05) is 0 Å². The summed E-state index contributed by atoms with van der Waals surface area (Å²) >= 11 is 1.27. The van der Waals surface area contributed by atoms with E-state index in [1.54, 1.807) is 18.2 Å². The number of hydrogen-bond acceptors (Lipinski definition) is 3. The van der Waals surface area contributed by atoms with Crippen LogP contribution in [0, 0.1) is 0 Å². The van der Waals surface area contributed by atoms with Crippen molar-refractivity contribution in [3.05, 3.63) is 91.5 Å². The SMILES string of the molecule is C=CCc1ccccc1S(=O)(=O)[O-].C=C[CH2][Na].[Na+].c1ccccc1. The van der Waals surface area contributed by atoms with Gasteiger partial charge in [0.25, 0.3) is 0 Å². The molecule has 0 fully saturated rings. The van der Waals surface area contributed by atoms with Gasteiger partial charge in [0.05, 0.1) is 4.90 Å². The molecule has 0 aromatic heterocycles. The predicted octanol–water partition coefficient (Wildman–Crippen LogP) is 0.769. The van der Waals surface area contributed by atoms with E-state index >= 15 is 0 Å². The largest absolute Gasteiger partial charge is 1.00 e. The maximum Gasteiger partial charge on any atom is 1.00 e. The molecule has 0 unspecified atom stereocenters. The smallest absolute Gasteiger partial charge is 0.0623 e. The van der Waals surface area contributed by atoms with Crippen LogP contribution in [0.25, 0.3) is 0 Å². The van der Waals surface area contributed by atoms with E-state index < -0.39 is 10.1 Å². The summed E-state index contributed by atoms with van der Waals surface area (Å²) in [5.41, 5.74) is 0.493. The molecule has 2 aromatic carbocycles. The summed E-state index contributed by atoms with van der Waals surface area (Å²) in [5, 5.41) is 0. The Morgan fingerprint density at radius 3 is 1.67 bits per heavy atom. The van der Waals surface area contributed by atoms with Gasteiger partial charge < -0.3 is 4.55 Å². The van der Waals surface area contributed by atoms with Crippen molar-refractivity contribution in [2.45, 2.75) is 15.0 Å². The van der Waals surface area contributed by atoms with E-state index in [-0.39, 0.29) is 34.5 Å². The van der Waals surface area contributed by atoms with Gasteiger partial charge in [-0.1, -0.05) is 60.7 Å². The summed E-state index contributed by atoms with van der Waals surface area (Å²) in [5.74, 6) is 0. The summed E-state index contributed by atoms with van der Waals surface area (Å²) < 4.78 is 33.4. The summed E-state index contributed by atoms with van der Waals surface area (Å²) in [6, 6.07) is 18.1. The summed E-state index contributed by atoms with van der Waals surface area (Å²) in [4.78, 5) is -0.157. The molecule has 0 saturated carbocycles. The van der Waals surface area contributed by atoms with E-state index in [0.29, 0.717) is 12.0 Å². The van der Waals surface area contributed by atoms with Crippen LogP contribution in [-0.4, -0.2) is 40.9 Å². The second-order valence-corrected chi connectivity index (χ2v) is 6.57. The Kier molecular flexibility index (Phi) is 17.7. The molecular weight excluding hydrogens is 342 g/mol. The summed E-state index contributed by atoms with van der Waals surface area (Å²) in [7, 11) is -4.35. The molecule has 118 valence electrons. The van der Waals surface area contributed by atoms with Crippen LogP contribution in [0.1, 0.15) is 5.56 Å². The Hall–Kier alpha value is -0.170. The maximum atomic E-state index is 10.7. The van der Waals surface area contributed by atoms with E-state index in [9.17, 15) is 13.0 Å². The van der Waals surface area contributed by atoms with Gasteiger partial charge in [-0.2, -0.15) is 0 Å². The van der Waals surface area contributed by atoms with Crippen LogP contribution in [0.5, 0.6) is 0 Å². The first kappa shape index (κ1) is 26.1. The summed E-state index contributed by atoms with van der Waals surface area (Å²) in [6.07, 6.45) is 3.88. The normalized spacial score (nSPS) is 9.12. The topological polar surface area (TPSA) is 57.2 Å². The van der Waals surface area contributed by atoms with Gasteiger partial charge in [-0.3, -0.25) is 0 Å². The van der Waals surface area contributed by atoms with Gasteiger partial charge in [0.2, 0.25) is 0 Å². The monoisotopic (exact) mass is 362 g/mol. The second-order valence-electron chi connectivity index (χ2n) is 4.41. The van der Waals surface area contributed by atoms with Gasteiger partial charge in [-0.15, -0.1) is 6.58 Å². The Bertz CT molecular complexity index is 645. The number of rotatable bonds is 4. The van der Waals surface area contributed by atoms with Crippen LogP contribution in [0.4, 0.5) is 0 Å². The molecule has 0 aliphatic carbocycles. The molecule has 2 aromatic rings. The zero-order valence-electron chi connectivity index (χ0n) is 14.4. The summed E-state index contributed by atoms with van der Waals surface area (Å²) in [6.45, 7) is 7.00. The zero-order chi connectivity index (χ0) is 17.6. The molecule has 0 saturated heterocycles. The van der Waals surface area contributed by atoms with E-state index in [2.05, 4.69) is 13.2 Å². The van der Waals surface area contributed by atoms with Gasteiger partial charge >= 0.3 is 73.8 Å². The first-order chi connectivity index (χ1) is 11.0. The Morgan fingerprint density at radius 2 is 1.33 bits per heavy atom. The van der Waals surface area contributed by atoms with Gasteiger partial charge in [0.1, 0.15) is 10.1 Å². The molecule has 6 heteroatoms. The van der Waals surface area contributed by atoms with E-state index in [1.807, 2.05) is 42.5 Å². The molecule has 0 N–H and O–H groups in total. The average Bonchev–Trinajstić information content (AvgIpc) is 2.57. The maximum absolute atomic E-state index is 10.7. The number of benzene rings is 2. The molecule has 0 bridgehead atoms. The van der Waals surface area contributed by atoms with Gasteiger partial charge in [-0.05, 0) is 18.1 Å². The van der Waals surface area contributed by atoms with Crippen molar-refractivity contribution in [3.8, 4) is 0 Å². The van der Waals surface area contributed by atoms with Crippen LogP contribution in [0.15, 0.2) is 90.9 Å².